The highest BCUT2D eigenvalue weighted by molar-refractivity contribution is 5.75. The second-order valence-electron chi connectivity index (χ2n) is 2.84. The Labute approximate surface area is 80.6 Å². The first-order valence-electron chi connectivity index (χ1n) is 4.03. The van der Waals surface area contributed by atoms with E-state index >= 15 is 0 Å². The van der Waals surface area contributed by atoms with Gasteiger partial charge in [0.2, 0.25) is 0 Å². The number of rotatable bonds is 3. The lowest BCUT2D eigenvalue weighted by molar-refractivity contribution is -0.138. The van der Waals surface area contributed by atoms with Gasteiger partial charge in [0, 0.05) is 10.6 Å². The van der Waals surface area contributed by atoms with Gasteiger partial charge in [-0.25, -0.2) is 0 Å². The number of hydrogen-bond acceptors (Lipinski definition) is 2. The summed E-state index contributed by atoms with van der Waals surface area (Å²) in [6, 6.07) is 6.47. The fraction of sp³-hybridized carbons (Fsp3) is 0.222. The molecule has 1 unspecified atom stereocenters. The van der Waals surface area contributed by atoms with E-state index in [0.717, 1.165) is 0 Å². The summed E-state index contributed by atoms with van der Waals surface area (Å²) in [5.41, 5.74) is 9.32. The molecule has 14 heavy (non-hydrogen) atoms. The lowest BCUT2D eigenvalue weighted by Crippen LogP contribution is -2.06. The maximum absolute atomic E-state index is 10.6. The summed E-state index contributed by atoms with van der Waals surface area (Å²) in [4.78, 5) is 13.3. The molecule has 0 heterocycles. The molecule has 1 aromatic carbocycles. The van der Waals surface area contributed by atoms with Crippen LogP contribution in [0, 0.1) is 0 Å². The molecule has 0 spiro atoms. The van der Waals surface area contributed by atoms with Gasteiger partial charge in [0.25, 0.3) is 0 Å². The van der Waals surface area contributed by atoms with Crippen molar-refractivity contribution in [2.75, 3.05) is 0 Å². The molecule has 0 saturated heterocycles. The molecule has 1 rings (SSSR count). The first kappa shape index (κ1) is 10.1. The Hall–Kier alpha value is -2.00. The zero-order valence-corrected chi connectivity index (χ0v) is 7.58. The Balaban J connectivity index is 2.93. The van der Waals surface area contributed by atoms with Crippen molar-refractivity contribution in [3.8, 4) is 0 Å². The van der Waals surface area contributed by atoms with E-state index < -0.39 is 11.9 Å². The van der Waals surface area contributed by atoms with Gasteiger partial charge in [0.05, 0.1) is 5.92 Å². The predicted octanol–water partition coefficient (Wildman–Crippen LogP) is 2.82. The normalized spacial score (nSPS) is 11.5. The van der Waals surface area contributed by atoms with Crippen LogP contribution in [0.25, 0.3) is 10.4 Å². The molecule has 72 valence electrons. The van der Waals surface area contributed by atoms with Crippen molar-refractivity contribution in [2.45, 2.75) is 12.8 Å². The van der Waals surface area contributed by atoms with Crippen molar-refractivity contribution >= 4 is 11.7 Å². The van der Waals surface area contributed by atoms with Crippen molar-refractivity contribution in [3.05, 3.63) is 40.3 Å². The molecule has 0 radical (unpaired) electrons. The minimum Gasteiger partial charge on any atom is -0.481 e. The molecule has 1 aromatic rings. The van der Waals surface area contributed by atoms with Gasteiger partial charge >= 0.3 is 5.97 Å². The number of nitrogens with zero attached hydrogens (tertiary/aromatic N) is 3. The highest BCUT2D eigenvalue weighted by Gasteiger charge is 2.12. The Morgan fingerprint density at radius 1 is 1.50 bits per heavy atom. The first-order valence-corrected chi connectivity index (χ1v) is 4.03. The third-order valence-corrected chi connectivity index (χ3v) is 1.92. The van der Waals surface area contributed by atoms with Crippen molar-refractivity contribution in [1.82, 2.24) is 0 Å². The first-order chi connectivity index (χ1) is 6.65. The quantitative estimate of drug-likeness (QED) is 0.452. The van der Waals surface area contributed by atoms with Gasteiger partial charge in [-0.3, -0.25) is 4.79 Å². The van der Waals surface area contributed by atoms with Crippen LogP contribution in [-0.2, 0) is 4.79 Å². The van der Waals surface area contributed by atoms with Crippen LogP contribution in [0.3, 0.4) is 0 Å². The molecule has 0 aliphatic rings. The van der Waals surface area contributed by atoms with Crippen LogP contribution in [-0.4, -0.2) is 11.1 Å². The van der Waals surface area contributed by atoms with E-state index in [1.807, 2.05) is 0 Å². The van der Waals surface area contributed by atoms with Gasteiger partial charge in [0.1, 0.15) is 0 Å². The molecule has 5 nitrogen and oxygen atoms in total. The monoisotopic (exact) mass is 191 g/mol. The van der Waals surface area contributed by atoms with Crippen LogP contribution in [0.5, 0.6) is 0 Å². The van der Waals surface area contributed by atoms with Crippen LogP contribution in [0.15, 0.2) is 29.4 Å². The molecule has 0 saturated carbocycles. The fourth-order valence-electron chi connectivity index (χ4n) is 1.02. The van der Waals surface area contributed by atoms with E-state index in [-0.39, 0.29) is 0 Å². The Morgan fingerprint density at radius 2 is 2.07 bits per heavy atom. The average Bonchev–Trinajstić information content (AvgIpc) is 2.18. The van der Waals surface area contributed by atoms with E-state index in [0.29, 0.717) is 11.3 Å². The van der Waals surface area contributed by atoms with Crippen LogP contribution in [0.4, 0.5) is 5.69 Å². The summed E-state index contributed by atoms with van der Waals surface area (Å²) in [6.07, 6.45) is 0. The predicted molar refractivity (Wildman–Crippen MR) is 51.3 cm³/mol. The molecule has 5 heteroatoms. The van der Waals surface area contributed by atoms with Crippen molar-refractivity contribution in [1.29, 1.82) is 0 Å². The van der Waals surface area contributed by atoms with Gasteiger partial charge in [-0.05, 0) is 18.0 Å². The van der Waals surface area contributed by atoms with Gasteiger partial charge in [-0.15, -0.1) is 0 Å². The molecule has 1 N–H and O–H groups in total. The van der Waals surface area contributed by atoms with Gasteiger partial charge < -0.3 is 5.11 Å². The Kier molecular flexibility index (Phi) is 3.09. The zero-order valence-electron chi connectivity index (χ0n) is 7.58. The standard InChI is InChI=1S/C9H9N3O2/c1-6(9(13)14)7-2-4-8(5-3-7)11-12-10/h2-6H,1H3,(H,13,14). The van der Waals surface area contributed by atoms with E-state index in [1.54, 1.807) is 31.2 Å². The molecular formula is C9H9N3O2. The van der Waals surface area contributed by atoms with Crippen LogP contribution in [0.2, 0.25) is 0 Å². The van der Waals surface area contributed by atoms with Crippen LogP contribution < -0.4 is 0 Å². The Bertz CT molecular complexity index is 380. The second kappa shape index (κ2) is 4.30. The van der Waals surface area contributed by atoms with Crippen LogP contribution >= 0.6 is 0 Å². The van der Waals surface area contributed by atoms with Gasteiger partial charge in [-0.2, -0.15) is 0 Å². The molecule has 0 aliphatic heterocycles. The van der Waals surface area contributed by atoms with Gasteiger partial charge in [-0.1, -0.05) is 29.4 Å². The molecule has 1 atom stereocenters. The van der Waals surface area contributed by atoms with E-state index in [4.69, 9.17) is 10.6 Å². The van der Waals surface area contributed by atoms with Crippen molar-refractivity contribution < 1.29 is 9.90 Å². The lowest BCUT2D eigenvalue weighted by atomic mass is 10.0. The number of hydrogen-bond donors (Lipinski definition) is 1. The fourth-order valence-corrected chi connectivity index (χ4v) is 1.02. The number of carboxylic acids is 1. The minimum absolute atomic E-state index is 0.480. The number of carboxylic acid groups (broad SMARTS) is 1. The summed E-state index contributed by atoms with van der Waals surface area (Å²) in [5, 5.41) is 12.1. The number of aliphatic carboxylic acids is 1. The smallest absolute Gasteiger partial charge is 0.310 e. The van der Waals surface area contributed by atoms with Gasteiger partial charge in [0.15, 0.2) is 0 Å². The maximum Gasteiger partial charge on any atom is 0.310 e. The molecule has 0 bridgehead atoms. The van der Waals surface area contributed by atoms with Crippen molar-refractivity contribution in [3.63, 3.8) is 0 Å². The number of benzene rings is 1. The third kappa shape index (κ3) is 2.24. The molecule has 0 amide bonds. The zero-order chi connectivity index (χ0) is 10.6. The summed E-state index contributed by atoms with van der Waals surface area (Å²) in [7, 11) is 0. The highest BCUT2D eigenvalue weighted by Crippen LogP contribution is 2.19. The Morgan fingerprint density at radius 3 is 2.50 bits per heavy atom. The number of azide groups is 1. The average molecular weight is 191 g/mol. The number of carbonyl (C=O) groups is 1. The summed E-state index contributed by atoms with van der Waals surface area (Å²) < 4.78 is 0. The largest absolute Gasteiger partial charge is 0.481 e. The lowest BCUT2D eigenvalue weighted by Gasteiger charge is -2.05. The van der Waals surface area contributed by atoms with E-state index in [2.05, 4.69) is 10.0 Å². The highest BCUT2D eigenvalue weighted by atomic mass is 16.4. The second-order valence-corrected chi connectivity index (χ2v) is 2.84. The van der Waals surface area contributed by atoms with E-state index in [1.165, 1.54) is 0 Å². The summed E-state index contributed by atoms with van der Waals surface area (Å²) in [6.45, 7) is 1.60. The topological polar surface area (TPSA) is 86.1 Å². The molecule has 0 aliphatic carbocycles. The molecule has 0 fully saturated rings. The maximum atomic E-state index is 10.6. The SMILES string of the molecule is CC(C(=O)O)c1ccc(N=[N+]=[N-])cc1. The van der Waals surface area contributed by atoms with Crippen LogP contribution in [0.1, 0.15) is 18.4 Å². The third-order valence-electron chi connectivity index (χ3n) is 1.92. The summed E-state index contributed by atoms with van der Waals surface area (Å²) >= 11 is 0. The molecular weight excluding hydrogens is 182 g/mol. The summed E-state index contributed by atoms with van der Waals surface area (Å²) in [5.74, 6) is -1.42. The van der Waals surface area contributed by atoms with Crippen molar-refractivity contribution in [2.24, 2.45) is 5.11 Å². The van der Waals surface area contributed by atoms with E-state index in [9.17, 15) is 4.79 Å². The molecule has 0 aromatic heterocycles. The minimum atomic E-state index is -0.874.